The van der Waals surface area contributed by atoms with Crippen LogP contribution in [0, 0.1) is 5.41 Å². The zero-order valence-corrected chi connectivity index (χ0v) is 11.0. The largest absolute Gasteiger partial charge is 0.454 e. The van der Waals surface area contributed by atoms with Crippen molar-refractivity contribution < 1.29 is 9.47 Å². The molecule has 1 aromatic carbocycles. The van der Waals surface area contributed by atoms with E-state index in [1.807, 2.05) is 12.1 Å². The minimum Gasteiger partial charge on any atom is -0.454 e. The molecule has 2 aliphatic rings. The van der Waals surface area contributed by atoms with Crippen LogP contribution < -0.4 is 14.8 Å². The van der Waals surface area contributed by atoms with Gasteiger partial charge in [-0.1, -0.05) is 31.9 Å². The molecule has 98 valence electrons. The highest BCUT2D eigenvalue weighted by Crippen LogP contribution is 2.37. The van der Waals surface area contributed by atoms with Gasteiger partial charge in [-0.25, -0.2) is 0 Å². The predicted octanol–water partition coefficient (Wildman–Crippen LogP) is 3.09. The molecule has 0 saturated heterocycles. The summed E-state index contributed by atoms with van der Waals surface area (Å²) in [5, 5.41) is 3.58. The average Bonchev–Trinajstić information content (AvgIpc) is 2.98. The van der Waals surface area contributed by atoms with Crippen molar-refractivity contribution in [3.8, 4) is 11.5 Å². The maximum absolute atomic E-state index is 5.52. The first-order valence-electron chi connectivity index (χ1n) is 6.85. The number of para-hydroxylation sites is 1. The Labute approximate surface area is 108 Å². The summed E-state index contributed by atoms with van der Waals surface area (Å²) in [4.78, 5) is 0. The lowest BCUT2D eigenvalue weighted by Crippen LogP contribution is -2.29. The summed E-state index contributed by atoms with van der Waals surface area (Å²) in [6.07, 6.45) is 5.48. The first-order chi connectivity index (χ1) is 8.77. The summed E-state index contributed by atoms with van der Waals surface area (Å²) >= 11 is 0. The van der Waals surface area contributed by atoms with Gasteiger partial charge in [0, 0.05) is 18.7 Å². The van der Waals surface area contributed by atoms with E-state index in [2.05, 4.69) is 18.3 Å². The van der Waals surface area contributed by atoms with E-state index in [0.29, 0.717) is 12.2 Å². The molecule has 1 aliphatic carbocycles. The molecule has 0 atom stereocenters. The van der Waals surface area contributed by atoms with Crippen molar-refractivity contribution in [1.82, 2.24) is 5.32 Å². The third-order valence-electron chi connectivity index (χ3n) is 4.16. The second kappa shape index (κ2) is 4.81. The van der Waals surface area contributed by atoms with Crippen molar-refractivity contribution in [2.75, 3.05) is 13.3 Å². The zero-order valence-electron chi connectivity index (χ0n) is 11.0. The van der Waals surface area contributed by atoms with Crippen molar-refractivity contribution >= 4 is 0 Å². The second-order valence-corrected chi connectivity index (χ2v) is 5.77. The quantitative estimate of drug-likeness (QED) is 0.887. The fourth-order valence-corrected chi connectivity index (χ4v) is 3.03. The molecule has 1 saturated carbocycles. The third-order valence-corrected chi connectivity index (χ3v) is 4.16. The topological polar surface area (TPSA) is 30.5 Å². The van der Waals surface area contributed by atoms with Gasteiger partial charge < -0.3 is 14.8 Å². The molecule has 0 unspecified atom stereocenters. The van der Waals surface area contributed by atoms with E-state index in [9.17, 15) is 0 Å². The van der Waals surface area contributed by atoms with Crippen LogP contribution in [0.1, 0.15) is 38.2 Å². The monoisotopic (exact) mass is 247 g/mol. The van der Waals surface area contributed by atoms with Crippen LogP contribution >= 0.6 is 0 Å². The number of hydrogen-bond acceptors (Lipinski definition) is 3. The molecular weight excluding hydrogens is 226 g/mol. The van der Waals surface area contributed by atoms with E-state index in [0.717, 1.165) is 24.6 Å². The first kappa shape index (κ1) is 11.8. The van der Waals surface area contributed by atoms with E-state index in [4.69, 9.17) is 9.47 Å². The Kier molecular flexibility index (Phi) is 3.16. The Balaban J connectivity index is 1.59. The van der Waals surface area contributed by atoms with Crippen LogP contribution in [0.25, 0.3) is 0 Å². The molecule has 1 fully saturated rings. The van der Waals surface area contributed by atoms with Crippen molar-refractivity contribution in [2.24, 2.45) is 5.41 Å². The van der Waals surface area contributed by atoms with Crippen molar-refractivity contribution in [3.05, 3.63) is 23.8 Å². The van der Waals surface area contributed by atoms with Crippen LogP contribution in [0.4, 0.5) is 0 Å². The van der Waals surface area contributed by atoms with E-state index in [1.165, 1.54) is 31.2 Å². The van der Waals surface area contributed by atoms with Crippen LogP contribution in [-0.4, -0.2) is 13.3 Å². The van der Waals surface area contributed by atoms with Gasteiger partial charge in [0.25, 0.3) is 0 Å². The summed E-state index contributed by atoms with van der Waals surface area (Å²) in [6, 6.07) is 6.10. The molecular formula is C15H21NO2. The number of ether oxygens (including phenoxy) is 2. The van der Waals surface area contributed by atoms with Crippen molar-refractivity contribution in [3.63, 3.8) is 0 Å². The number of benzene rings is 1. The highest BCUT2D eigenvalue weighted by atomic mass is 16.7. The Morgan fingerprint density at radius 1 is 1.22 bits per heavy atom. The van der Waals surface area contributed by atoms with Gasteiger partial charge in [0.05, 0.1) is 0 Å². The number of hydrogen-bond donors (Lipinski definition) is 1. The Morgan fingerprint density at radius 3 is 2.89 bits per heavy atom. The predicted molar refractivity (Wildman–Crippen MR) is 70.8 cm³/mol. The van der Waals surface area contributed by atoms with Crippen LogP contribution in [-0.2, 0) is 6.54 Å². The molecule has 3 heteroatoms. The fourth-order valence-electron chi connectivity index (χ4n) is 3.03. The van der Waals surface area contributed by atoms with E-state index >= 15 is 0 Å². The first-order valence-corrected chi connectivity index (χ1v) is 6.85. The van der Waals surface area contributed by atoms with E-state index in [1.54, 1.807) is 0 Å². The highest BCUT2D eigenvalue weighted by molar-refractivity contribution is 5.48. The lowest BCUT2D eigenvalue weighted by Gasteiger charge is -2.24. The van der Waals surface area contributed by atoms with Gasteiger partial charge in [0.1, 0.15) is 0 Å². The maximum atomic E-state index is 5.52. The Morgan fingerprint density at radius 2 is 2.06 bits per heavy atom. The molecule has 0 bridgehead atoms. The van der Waals surface area contributed by atoms with Crippen molar-refractivity contribution in [2.45, 2.75) is 39.2 Å². The zero-order chi connectivity index (χ0) is 12.4. The lowest BCUT2D eigenvalue weighted by molar-refractivity contribution is 0.173. The van der Waals surface area contributed by atoms with Gasteiger partial charge in [0.2, 0.25) is 6.79 Å². The lowest BCUT2D eigenvalue weighted by atomic mass is 9.89. The summed E-state index contributed by atoms with van der Waals surface area (Å²) in [6.45, 7) is 4.70. The summed E-state index contributed by atoms with van der Waals surface area (Å²) in [5.41, 5.74) is 1.70. The van der Waals surface area contributed by atoms with Gasteiger partial charge in [0.15, 0.2) is 11.5 Å². The van der Waals surface area contributed by atoms with E-state index in [-0.39, 0.29) is 0 Å². The normalized spacial score (nSPS) is 20.3. The molecule has 0 radical (unpaired) electrons. The highest BCUT2D eigenvalue weighted by Gasteiger charge is 2.28. The second-order valence-electron chi connectivity index (χ2n) is 5.77. The Hall–Kier alpha value is -1.22. The molecule has 1 aromatic rings. The summed E-state index contributed by atoms with van der Waals surface area (Å²) in [5.74, 6) is 1.79. The molecule has 3 nitrogen and oxygen atoms in total. The van der Waals surface area contributed by atoms with Gasteiger partial charge in [-0.15, -0.1) is 0 Å². The minimum atomic E-state index is 0.351. The van der Waals surface area contributed by atoms with Gasteiger partial charge in [-0.3, -0.25) is 0 Å². The van der Waals surface area contributed by atoms with Crippen LogP contribution in [0.2, 0.25) is 0 Å². The fraction of sp³-hybridized carbons (Fsp3) is 0.600. The van der Waals surface area contributed by atoms with Gasteiger partial charge >= 0.3 is 0 Å². The summed E-state index contributed by atoms with van der Waals surface area (Å²) in [7, 11) is 0. The van der Waals surface area contributed by atoms with Crippen molar-refractivity contribution in [1.29, 1.82) is 0 Å². The van der Waals surface area contributed by atoms with Crippen LogP contribution in [0.15, 0.2) is 18.2 Å². The minimum absolute atomic E-state index is 0.351. The van der Waals surface area contributed by atoms with E-state index < -0.39 is 0 Å². The molecule has 0 amide bonds. The smallest absolute Gasteiger partial charge is 0.231 e. The third kappa shape index (κ3) is 2.32. The van der Waals surface area contributed by atoms with Crippen LogP contribution in [0.5, 0.6) is 11.5 Å². The standard InChI is InChI=1S/C15H21NO2/c1-15(7-2-3-8-15)10-16-9-12-5-4-6-13-14(12)18-11-17-13/h4-6,16H,2-3,7-11H2,1H3. The molecule has 1 aliphatic heterocycles. The Bertz CT molecular complexity index is 425. The number of rotatable bonds is 4. The molecule has 3 rings (SSSR count). The average molecular weight is 247 g/mol. The van der Waals surface area contributed by atoms with Gasteiger partial charge in [-0.2, -0.15) is 0 Å². The molecule has 1 heterocycles. The molecule has 1 N–H and O–H groups in total. The van der Waals surface area contributed by atoms with Crippen LogP contribution in [0.3, 0.4) is 0 Å². The number of nitrogens with one attached hydrogen (secondary N) is 1. The summed E-state index contributed by atoms with van der Waals surface area (Å²) < 4.78 is 10.9. The number of fused-ring (bicyclic) bond motifs is 1. The maximum Gasteiger partial charge on any atom is 0.231 e. The molecule has 18 heavy (non-hydrogen) atoms. The van der Waals surface area contributed by atoms with Gasteiger partial charge in [-0.05, 0) is 24.3 Å². The molecule has 0 aromatic heterocycles. The SMILES string of the molecule is CC1(CNCc2cccc3c2OCO3)CCCC1. The molecule has 0 spiro atoms.